The van der Waals surface area contributed by atoms with Crippen LogP contribution in [0.2, 0.25) is 5.02 Å². The normalized spacial score (nSPS) is 15.6. The van der Waals surface area contributed by atoms with E-state index in [1.54, 1.807) is 23.5 Å². The molecule has 0 aliphatic carbocycles. The number of halogens is 1. The number of anilines is 1. The van der Waals surface area contributed by atoms with Crippen molar-refractivity contribution in [2.45, 2.75) is 26.9 Å². The monoisotopic (exact) mass is 465 g/mol. The van der Waals surface area contributed by atoms with Crippen molar-refractivity contribution < 1.29 is 13.2 Å². The van der Waals surface area contributed by atoms with Gasteiger partial charge in [-0.1, -0.05) is 23.7 Å². The van der Waals surface area contributed by atoms with Gasteiger partial charge in [-0.15, -0.1) is 0 Å². The molecule has 10 heteroatoms. The molecule has 31 heavy (non-hydrogen) atoms. The van der Waals surface area contributed by atoms with Crippen molar-refractivity contribution >= 4 is 33.3 Å². The number of urea groups is 1. The van der Waals surface area contributed by atoms with Crippen molar-refractivity contribution in [3.63, 3.8) is 0 Å². The van der Waals surface area contributed by atoms with Gasteiger partial charge in [0.1, 0.15) is 0 Å². The summed E-state index contributed by atoms with van der Waals surface area (Å²) in [6, 6.07) is 9.05. The van der Waals surface area contributed by atoms with Gasteiger partial charge in [0.2, 0.25) is 10.0 Å². The molecule has 0 saturated carbocycles. The van der Waals surface area contributed by atoms with Crippen molar-refractivity contribution in [1.29, 1.82) is 0 Å². The van der Waals surface area contributed by atoms with Crippen LogP contribution in [-0.2, 0) is 23.1 Å². The molecule has 0 bridgehead atoms. The summed E-state index contributed by atoms with van der Waals surface area (Å²) >= 11 is 6.32. The lowest BCUT2D eigenvalue weighted by molar-refractivity contribution is 0.181. The molecular formula is C21H28ClN5O3S. The Kier molecular flexibility index (Phi) is 7.88. The number of amides is 2. The molecule has 0 spiro atoms. The average molecular weight is 466 g/mol. The van der Waals surface area contributed by atoms with E-state index in [1.165, 1.54) is 0 Å². The average Bonchev–Trinajstić information content (AvgIpc) is 2.76. The first-order valence-corrected chi connectivity index (χ1v) is 12.2. The van der Waals surface area contributed by atoms with E-state index < -0.39 is 10.0 Å². The summed E-state index contributed by atoms with van der Waals surface area (Å²) in [5, 5.41) is 6.14. The molecule has 0 unspecified atom stereocenters. The van der Waals surface area contributed by atoms with Gasteiger partial charge in [0.15, 0.2) is 0 Å². The minimum atomic E-state index is -3.13. The van der Waals surface area contributed by atoms with Crippen LogP contribution >= 0.6 is 11.6 Å². The summed E-state index contributed by atoms with van der Waals surface area (Å²) in [5.74, 6) is 0.133. The highest BCUT2D eigenvalue weighted by Gasteiger charge is 2.25. The quantitative estimate of drug-likeness (QED) is 0.655. The molecule has 2 amide bonds. The molecule has 2 aromatic rings. The molecule has 0 radical (unpaired) electrons. The number of hydrogen-bond donors (Lipinski definition) is 2. The maximum atomic E-state index is 12.2. The third kappa shape index (κ3) is 6.64. The zero-order valence-electron chi connectivity index (χ0n) is 17.8. The number of carbonyl (C=O) groups is 1. The van der Waals surface area contributed by atoms with E-state index in [0.29, 0.717) is 50.0 Å². The maximum absolute atomic E-state index is 12.2. The van der Waals surface area contributed by atoms with Crippen LogP contribution in [0.5, 0.6) is 0 Å². The Bertz CT molecular complexity index is 1010. The highest BCUT2D eigenvalue weighted by Crippen LogP contribution is 2.20. The second-order valence-electron chi connectivity index (χ2n) is 7.50. The molecule has 2 N–H and O–H groups in total. The molecule has 2 heterocycles. The molecular weight excluding hydrogens is 438 g/mol. The largest absolute Gasteiger partial charge is 0.334 e. The number of carbonyl (C=O) groups excluding carboxylic acids is 1. The molecule has 8 nitrogen and oxygen atoms in total. The Labute approximate surface area is 188 Å². The lowest BCUT2D eigenvalue weighted by Gasteiger charge is -2.33. The van der Waals surface area contributed by atoms with E-state index >= 15 is 0 Å². The summed E-state index contributed by atoms with van der Waals surface area (Å²) in [6.45, 7) is 6.92. The Hall–Kier alpha value is -2.20. The fourth-order valence-corrected chi connectivity index (χ4v) is 4.63. The van der Waals surface area contributed by atoms with Crippen molar-refractivity contribution in [2.75, 3.05) is 37.2 Å². The number of nitrogens with zero attached hydrogens (tertiary/aromatic N) is 3. The molecule has 1 saturated heterocycles. The van der Waals surface area contributed by atoms with E-state index in [2.05, 4.69) is 20.5 Å². The Morgan fingerprint density at radius 2 is 1.90 bits per heavy atom. The lowest BCUT2D eigenvalue weighted by Crippen LogP contribution is -2.48. The number of rotatable bonds is 7. The van der Waals surface area contributed by atoms with Crippen LogP contribution < -0.4 is 10.6 Å². The van der Waals surface area contributed by atoms with E-state index in [1.807, 2.05) is 31.2 Å². The molecule has 1 fully saturated rings. The van der Waals surface area contributed by atoms with E-state index in [4.69, 9.17) is 11.6 Å². The molecule has 1 aliphatic rings. The van der Waals surface area contributed by atoms with E-state index in [9.17, 15) is 13.2 Å². The molecule has 1 aromatic carbocycles. The Balaban J connectivity index is 1.53. The number of aromatic nitrogens is 1. The summed E-state index contributed by atoms with van der Waals surface area (Å²) in [7, 11) is -3.13. The second kappa shape index (κ2) is 10.4. The van der Waals surface area contributed by atoms with Crippen molar-refractivity contribution in [3.05, 3.63) is 58.4 Å². The topological polar surface area (TPSA) is 94.6 Å². The van der Waals surface area contributed by atoms with Crippen LogP contribution in [0.1, 0.15) is 23.7 Å². The van der Waals surface area contributed by atoms with Crippen LogP contribution in [0.3, 0.4) is 0 Å². The highest BCUT2D eigenvalue weighted by atomic mass is 35.5. The van der Waals surface area contributed by atoms with Gasteiger partial charge in [0, 0.05) is 50.0 Å². The number of sulfonamides is 1. The maximum Gasteiger partial charge on any atom is 0.319 e. The first-order valence-electron chi connectivity index (χ1n) is 10.2. The zero-order chi connectivity index (χ0) is 22.4. The number of hydrogen-bond acceptors (Lipinski definition) is 5. The van der Waals surface area contributed by atoms with Crippen LogP contribution in [0.25, 0.3) is 0 Å². The minimum Gasteiger partial charge on any atom is -0.334 e. The van der Waals surface area contributed by atoms with Crippen LogP contribution in [0.15, 0.2) is 36.5 Å². The van der Waals surface area contributed by atoms with Crippen molar-refractivity contribution in [1.82, 2.24) is 19.5 Å². The van der Waals surface area contributed by atoms with Gasteiger partial charge in [0.05, 0.1) is 17.6 Å². The van der Waals surface area contributed by atoms with E-state index in [-0.39, 0.29) is 11.8 Å². The standard InChI is InChI=1S/C21H28ClN5O3S/c1-3-31(29,30)27-10-8-26(9-11-27)15-17-5-7-20(22)18(12-17)13-24-21(28)25-19-6-4-16(2)23-14-19/h4-7,12,14H,3,8-11,13,15H2,1-2H3,(H2,24,25,28). The predicted molar refractivity (Wildman–Crippen MR) is 123 cm³/mol. The summed E-state index contributed by atoms with van der Waals surface area (Å²) in [5.41, 5.74) is 3.38. The highest BCUT2D eigenvalue weighted by molar-refractivity contribution is 7.89. The SMILES string of the molecule is CCS(=O)(=O)N1CCN(Cc2ccc(Cl)c(CNC(=O)Nc3ccc(C)nc3)c2)CC1. The minimum absolute atomic E-state index is 0.133. The zero-order valence-corrected chi connectivity index (χ0v) is 19.3. The number of aryl methyl sites for hydroxylation is 1. The smallest absolute Gasteiger partial charge is 0.319 e. The predicted octanol–water partition coefficient (Wildman–Crippen LogP) is 2.83. The Morgan fingerprint density at radius 1 is 1.16 bits per heavy atom. The van der Waals surface area contributed by atoms with Gasteiger partial charge in [-0.3, -0.25) is 9.88 Å². The van der Waals surface area contributed by atoms with Crippen molar-refractivity contribution in [3.8, 4) is 0 Å². The number of benzene rings is 1. The van der Waals surface area contributed by atoms with Gasteiger partial charge < -0.3 is 10.6 Å². The Morgan fingerprint density at radius 3 is 2.55 bits per heavy atom. The molecule has 3 rings (SSSR count). The van der Waals surface area contributed by atoms with Crippen LogP contribution in [0, 0.1) is 6.92 Å². The summed E-state index contributed by atoms with van der Waals surface area (Å²) < 4.78 is 25.6. The summed E-state index contributed by atoms with van der Waals surface area (Å²) in [4.78, 5) is 18.5. The molecule has 0 atom stereocenters. The van der Waals surface area contributed by atoms with Gasteiger partial charge in [-0.05, 0) is 43.2 Å². The number of pyridine rings is 1. The van der Waals surface area contributed by atoms with Crippen LogP contribution in [-0.4, -0.2) is 60.6 Å². The van der Waals surface area contributed by atoms with Gasteiger partial charge in [-0.2, -0.15) is 4.31 Å². The lowest BCUT2D eigenvalue weighted by atomic mass is 10.1. The molecule has 168 valence electrons. The number of piperazine rings is 1. The first-order chi connectivity index (χ1) is 14.8. The summed E-state index contributed by atoms with van der Waals surface area (Å²) in [6.07, 6.45) is 1.61. The molecule has 1 aromatic heterocycles. The molecule has 1 aliphatic heterocycles. The van der Waals surface area contributed by atoms with Crippen molar-refractivity contribution in [2.24, 2.45) is 0 Å². The number of nitrogens with one attached hydrogen (secondary N) is 2. The van der Waals surface area contributed by atoms with Gasteiger partial charge >= 0.3 is 6.03 Å². The second-order valence-corrected chi connectivity index (χ2v) is 10.2. The van der Waals surface area contributed by atoms with Gasteiger partial charge in [0.25, 0.3) is 0 Å². The van der Waals surface area contributed by atoms with E-state index in [0.717, 1.165) is 16.8 Å². The fraction of sp³-hybridized carbons (Fsp3) is 0.429. The first kappa shape index (κ1) is 23.5. The third-order valence-corrected chi connectivity index (χ3v) is 7.46. The third-order valence-electron chi connectivity index (χ3n) is 5.21. The van der Waals surface area contributed by atoms with Gasteiger partial charge in [-0.25, -0.2) is 13.2 Å². The van der Waals surface area contributed by atoms with Crippen LogP contribution in [0.4, 0.5) is 10.5 Å². The fourth-order valence-electron chi connectivity index (χ4n) is 3.36.